The van der Waals surface area contributed by atoms with Gasteiger partial charge in [-0.3, -0.25) is 0 Å². The van der Waals surface area contributed by atoms with Gasteiger partial charge in [-0.05, 0) is 11.8 Å². The molecule has 4 saturated heterocycles. The van der Waals surface area contributed by atoms with E-state index >= 15 is 0 Å². The summed E-state index contributed by atoms with van der Waals surface area (Å²) in [5.74, 6) is -1.80. The molecule has 162 valence electrons. The van der Waals surface area contributed by atoms with Gasteiger partial charge < -0.3 is 39.4 Å². The Hall–Kier alpha value is -0.810. The molecule has 4 N–H and O–H groups in total. The standard InChI is InChI=1S/C20H28O9/c1-7-6-26-8-5-17-12-9(21)10(16(2,3)4)18(17)11(22)13(23)28-15(18)29-20(17,14(24)27-12)19(7,8)25/h7-13,15,21-23,25H,5-6H2,1-4H3/t7-,8?,9-,10?,11+,12?,13+,15+,17?,18?,19-,20-/m1/s1. The number of carbonyl (C=O) groups excluding carboxylic acids is 1. The second-order valence-electron chi connectivity index (χ2n) is 10.9. The third kappa shape index (κ3) is 1.45. The van der Waals surface area contributed by atoms with Gasteiger partial charge in [0.2, 0.25) is 5.60 Å². The highest BCUT2D eigenvalue weighted by molar-refractivity contribution is 5.89. The molecule has 4 aliphatic heterocycles. The van der Waals surface area contributed by atoms with Gasteiger partial charge in [0.1, 0.15) is 17.8 Å². The number of rotatable bonds is 0. The summed E-state index contributed by atoms with van der Waals surface area (Å²) in [6.45, 7) is 7.82. The molecule has 0 aromatic heterocycles. The van der Waals surface area contributed by atoms with E-state index in [1.165, 1.54) is 0 Å². The number of hydrogen-bond acceptors (Lipinski definition) is 9. The molecule has 9 heteroatoms. The number of hydrogen-bond donors (Lipinski definition) is 4. The van der Waals surface area contributed by atoms with Gasteiger partial charge in [-0.1, -0.05) is 27.7 Å². The van der Waals surface area contributed by atoms with Crippen LogP contribution in [0.25, 0.3) is 0 Å². The first-order valence-electron chi connectivity index (χ1n) is 10.3. The van der Waals surface area contributed by atoms with Crippen LogP contribution in [-0.2, 0) is 23.7 Å². The van der Waals surface area contributed by atoms with Crippen LogP contribution in [0.5, 0.6) is 0 Å². The molecule has 6 fully saturated rings. The SMILES string of the molecule is C[C@@H]1COC2CC34C5OC(=O)[C@]3(O[C@@H]3O[C@H](O)[C@H](O)C34C(C(C)(C)C)[C@H]5O)[C@]21O. The Bertz CT molecular complexity index is 810. The zero-order valence-corrected chi connectivity index (χ0v) is 16.9. The highest BCUT2D eigenvalue weighted by atomic mass is 16.8. The fourth-order valence-electron chi connectivity index (χ4n) is 8.45. The van der Waals surface area contributed by atoms with E-state index in [1.54, 1.807) is 6.92 Å². The number of fused-ring (bicyclic) bond motifs is 1. The minimum atomic E-state index is -1.84. The molecule has 0 aromatic carbocycles. The molecule has 6 rings (SSSR count). The lowest BCUT2D eigenvalue weighted by atomic mass is 9.51. The molecule has 4 heterocycles. The van der Waals surface area contributed by atoms with Crippen molar-refractivity contribution in [1.29, 1.82) is 0 Å². The first kappa shape index (κ1) is 18.9. The van der Waals surface area contributed by atoms with E-state index in [0.717, 1.165) is 0 Å². The summed E-state index contributed by atoms with van der Waals surface area (Å²) in [5.41, 5.74) is -6.70. The minimum absolute atomic E-state index is 0.164. The average Bonchev–Trinajstić information content (AvgIpc) is 3.31. The van der Waals surface area contributed by atoms with Crippen molar-refractivity contribution in [3.8, 4) is 0 Å². The lowest BCUT2D eigenvalue weighted by Gasteiger charge is -2.48. The molecule has 2 spiro atoms. The van der Waals surface area contributed by atoms with E-state index in [0.29, 0.717) is 0 Å². The highest BCUT2D eigenvalue weighted by Crippen LogP contribution is 2.84. The zero-order chi connectivity index (χ0) is 20.9. The molecule has 0 bridgehead atoms. The van der Waals surface area contributed by atoms with Crippen molar-refractivity contribution in [1.82, 2.24) is 0 Å². The van der Waals surface area contributed by atoms with Gasteiger partial charge in [0.15, 0.2) is 12.6 Å². The van der Waals surface area contributed by atoms with Crippen LogP contribution in [0.2, 0.25) is 0 Å². The Morgan fingerprint density at radius 3 is 2.52 bits per heavy atom. The number of aliphatic hydroxyl groups excluding tert-OH is 3. The largest absolute Gasteiger partial charge is 0.457 e. The molecule has 9 nitrogen and oxygen atoms in total. The average molecular weight is 412 g/mol. The Kier molecular flexibility index (Phi) is 3.15. The predicted molar refractivity (Wildman–Crippen MR) is 92.9 cm³/mol. The van der Waals surface area contributed by atoms with E-state index in [-0.39, 0.29) is 13.0 Å². The third-order valence-corrected chi connectivity index (χ3v) is 9.06. The van der Waals surface area contributed by atoms with Crippen molar-refractivity contribution < 1.29 is 44.2 Å². The molecule has 2 aliphatic carbocycles. The van der Waals surface area contributed by atoms with Gasteiger partial charge in [0, 0.05) is 11.8 Å². The van der Waals surface area contributed by atoms with Crippen molar-refractivity contribution >= 4 is 5.97 Å². The first-order valence-corrected chi connectivity index (χ1v) is 10.3. The van der Waals surface area contributed by atoms with Crippen LogP contribution in [0, 0.1) is 28.1 Å². The van der Waals surface area contributed by atoms with Crippen LogP contribution in [-0.4, -0.2) is 81.2 Å². The van der Waals surface area contributed by atoms with Crippen LogP contribution >= 0.6 is 0 Å². The second kappa shape index (κ2) is 4.82. The second-order valence-corrected chi connectivity index (χ2v) is 10.9. The van der Waals surface area contributed by atoms with Gasteiger partial charge in [-0.25, -0.2) is 4.79 Å². The summed E-state index contributed by atoms with van der Waals surface area (Å²) in [7, 11) is 0. The van der Waals surface area contributed by atoms with Gasteiger partial charge in [-0.2, -0.15) is 0 Å². The summed E-state index contributed by atoms with van der Waals surface area (Å²) in [6, 6.07) is 0. The third-order valence-electron chi connectivity index (χ3n) is 9.06. The van der Waals surface area contributed by atoms with Gasteiger partial charge in [0.25, 0.3) is 0 Å². The summed E-state index contributed by atoms with van der Waals surface area (Å²) in [5, 5.41) is 45.1. The van der Waals surface area contributed by atoms with E-state index in [4.69, 9.17) is 18.9 Å². The Balaban J connectivity index is 1.70. The molecule has 0 radical (unpaired) electrons. The molecule has 0 aromatic rings. The predicted octanol–water partition coefficient (Wildman–Crippen LogP) is -1.10. The molecule has 2 saturated carbocycles. The van der Waals surface area contributed by atoms with Crippen molar-refractivity contribution in [2.24, 2.45) is 28.1 Å². The summed E-state index contributed by atoms with van der Waals surface area (Å²) in [4.78, 5) is 13.4. The molecule has 12 atom stereocenters. The Morgan fingerprint density at radius 2 is 1.86 bits per heavy atom. The number of ether oxygens (including phenoxy) is 4. The molecule has 0 amide bonds. The van der Waals surface area contributed by atoms with E-state index < -0.39 is 82.2 Å². The van der Waals surface area contributed by atoms with Crippen molar-refractivity contribution in [2.45, 2.75) is 82.3 Å². The van der Waals surface area contributed by atoms with Crippen molar-refractivity contribution in [2.75, 3.05) is 6.61 Å². The number of carbonyl (C=O) groups is 1. The lowest BCUT2D eigenvalue weighted by Crippen LogP contribution is -2.66. The van der Waals surface area contributed by atoms with Crippen molar-refractivity contribution in [3.63, 3.8) is 0 Å². The molecule has 6 aliphatic rings. The fourth-order valence-corrected chi connectivity index (χ4v) is 8.45. The maximum atomic E-state index is 13.4. The van der Waals surface area contributed by atoms with Crippen LogP contribution in [0.15, 0.2) is 0 Å². The quantitative estimate of drug-likeness (QED) is 0.366. The number of esters is 1. The maximum Gasteiger partial charge on any atom is 0.342 e. The van der Waals surface area contributed by atoms with Crippen LogP contribution in [0.3, 0.4) is 0 Å². The minimum Gasteiger partial charge on any atom is -0.457 e. The van der Waals surface area contributed by atoms with E-state index in [9.17, 15) is 25.2 Å². The topological polar surface area (TPSA) is 135 Å². The fraction of sp³-hybridized carbons (Fsp3) is 0.950. The smallest absolute Gasteiger partial charge is 0.342 e. The van der Waals surface area contributed by atoms with Gasteiger partial charge in [-0.15, -0.1) is 0 Å². The first-order chi connectivity index (χ1) is 13.4. The summed E-state index contributed by atoms with van der Waals surface area (Å²) in [6.07, 6.45) is -6.79. The maximum absolute atomic E-state index is 13.4. The summed E-state index contributed by atoms with van der Waals surface area (Å²) < 4.78 is 23.6. The molecular weight excluding hydrogens is 384 g/mol. The monoisotopic (exact) mass is 412 g/mol. The molecule has 5 unspecified atom stereocenters. The van der Waals surface area contributed by atoms with Gasteiger partial charge >= 0.3 is 5.97 Å². The lowest BCUT2D eigenvalue weighted by molar-refractivity contribution is -0.263. The van der Waals surface area contributed by atoms with E-state index in [1.807, 2.05) is 20.8 Å². The van der Waals surface area contributed by atoms with Crippen LogP contribution < -0.4 is 0 Å². The van der Waals surface area contributed by atoms with Crippen molar-refractivity contribution in [3.05, 3.63) is 0 Å². The van der Waals surface area contributed by atoms with Gasteiger partial charge in [0.05, 0.1) is 29.6 Å². The summed E-state index contributed by atoms with van der Waals surface area (Å²) >= 11 is 0. The normalized spacial score (nSPS) is 64.8. The molecule has 29 heavy (non-hydrogen) atoms. The van der Waals surface area contributed by atoms with Crippen LogP contribution in [0.4, 0.5) is 0 Å². The zero-order valence-electron chi connectivity index (χ0n) is 16.9. The number of aliphatic hydroxyl groups is 4. The highest BCUT2D eigenvalue weighted by Gasteiger charge is 3.01. The Labute approximate surface area is 167 Å². The Morgan fingerprint density at radius 1 is 1.17 bits per heavy atom. The van der Waals surface area contributed by atoms with E-state index in [2.05, 4.69) is 0 Å². The van der Waals surface area contributed by atoms with Crippen LogP contribution in [0.1, 0.15) is 34.1 Å². The molecular formula is C20H28O9.